The van der Waals surface area contributed by atoms with E-state index in [0.717, 1.165) is 0 Å². The fraction of sp³-hybridized carbons (Fsp3) is 0. The molecule has 0 atom stereocenters. The van der Waals surface area contributed by atoms with Gasteiger partial charge in [0.05, 0.1) is 6.07 Å². The first-order valence-corrected chi connectivity index (χ1v) is 3.16. The number of benzene rings is 1. The van der Waals surface area contributed by atoms with Gasteiger partial charge in [-0.1, -0.05) is 30.3 Å². The second-order valence-electron chi connectivity index (χ2n) is 2.01. The predicted molar refractivity (Wildman–Crippen MR) is 40.0 cm³/mol. The van der Waals surface area contributed by atoms with Gasteiger partial charge in [0.2, 0.25) is 0 Å². The minimum Gasteiger partial charge on any atom is -0.877 e. The van der Waals surface area contributed by atoms with Crippen LogP contribution in [0.3, 0.4) is 0 Å². The monoisotopic (exact) mass is 167 g/mol. The molecule has 0 aromatic heterocycles. The number of allylic oxidation sites excluding steroid dienone is 1. The molecule has 1 aromatic rings. The van der Waals surface area contributed by atoms with Gasteiger partial charge >= 0.3 is 29.6 Å². The van der Waals surface area contributed by atoms with E-state index >= 15 is 0 Å². The van der Waals surface area contributed by atoms with Crippen LogP contribution in [-0.4, -0.2) is 0 Å². The minimum absolute atomic E-state index is 0. The summed E-state index contributed by atoms with van der Waals surface area (Å²) in [7, 11) is 0. The van der Waals surface area contributed by atoms with E-state index in [1.54, 1.807) is 24.3 Å². The smallest absolute Gasteiger partial charge is 0.877 e. The van der Waals surface area contributed by atoms with Crippen LogP contribution in [-0.2, 0) is 0 Å². The van der Waals surface area contributed by atoms with Crippen LogP contribution >= 0.6 is 0 Å². The normalized spacial score (nSPS) is 9.75. The Hall–Kier alpha value is -0.750. The van der Waals surface area contributed by atoms with Gasteiger partial charge in [-0.25, -0.2) is 0 Å². The maximum absolute atomic E-state index is 10.3. The van der Waals surface area contributed by atoms with Gasteiger partial charge in [-0.2, -0.15) is 5.26 Å². The van der Waals surface area contributed by atoms with Crippen LogP contribution in [0.4, 0.5) is 0 Å². The Labute approximate surface area is 93.4 Å². The van der Waals surface area contributed by atoms with Crippen molar-refractivity contribution >= 4 is 5.57 Å². The quantitative estimate of drug-likeness (QED) is 0.274. The first kappa shape index (κ1) is 11.2. The van der Waals surface area contributed by atoms with E-state index in [1.807, 2.05) is 12.1 Å². The van der Waals surface area contributed by atoms with Gasteiger partial charge in [0, 0.05) is 5.57 Å². The van der Waals surface area contributed by atoms with Gasteiger partial charge in [0.15, 0.2) is 0 Å². The van der Waals surface area contributed by atoms with E-state index < -0.39 is 0 Å². The van der Waals surface area contributed by atoms with Crippen LogP contribution < -0.4 is 34.7 Å². The zero-order valence-electron chi connectivity index (χ0n) is 6.82. The van der Waals surface area contributed by atoms with E-state index in [0.29, 0.717) is 11.8 Å². The molecule has 1 aromatic carbocycles. The molecule has 0 aliphatic heterocycles. The number of hydrogen-bond acceptors (Lipinski definition) is 2. The van der Waals surface area contributed by atoms with Gasteiger partial charge in [-0.05, 0) is 5.56 Å². The van der Waals surface area contributed by atoms with Crippen molar-refractivity contribution in [1.29, 1.82) is 5.26 Å². The van der Waals surface area contributed by atoms with Crippen LogP contribution in [0.5, 0.6) is 0 Å². The first-order valence-electron chi connectivity index (χ1n) is 3.16. The van der Waals surface area contributed by atoms with Gasteiger partial charge < -0.3 is 5.11 Å². The number of nitrogens with zero attached hydrogens (tertiary/aromatic N) is 1. The molecule has 3 heteroatoms. The van der Waals surface area contributed by atoms with E-state index in [-0.39, 0.29) is 35.1 Å². The van der Waals surface area contributed by atoms with Crippen LogP contribution in [0.15, 0.2) is 36.6 Å². The summed E-state index contributed by atoms with van der Waals surface area (Å²) in [5, 5.41) is 18.7. The standard InChI is InChI=1S/C9H7NO.Na/c10-6-9(7-11)8-4-2-1-3-5-8;/h1-5,7,11H;/q;+1/p-1/b9-7+;. The average molecular weight is 167 g/mol. The van der Waals surface area contributed by atoms with Crippen molar-refractivity contribution in [3.63, 3.8) is 0 Å². The molecule has 0 bridgehead atoms. The molecule has 0 radical (unpaired) electrons. The third-order valence-electron chi connectivity index (χ3n) is 1.32. The number of nitriles is 1. The largest absolute Gasteiger partial charge is 1.00 e. The summed E-state index contributed by atoms with van der Waals surface area (Å²) in [6.07, 6.45) is 0.565. The van der Waals surface area contributed by atoms with Gasteiger partial charge in [-0.15, -0.1) is 6.26 Å². The second-order valence-corrected chi connectivity index (χ2v) is 2.01. The molecule has 2 nitrogen and oxygen atoms in total. The van der Waals surface area contributed by atoms with Crippen molar-refractivity contribution in [2.24, 2.45) is 0 Å². The van der Waals surface area contributed by atoms with Gasteiger partial charge in [-0.3, -0.25) is 0 Å². The zero-order valence-corrected chi connectivity index (χ0v) is 8.82. The maximum atomic E-state index is 10.3. The molecular formula is C9H6NNaO. The zero-order chi connectivity index (χ0) is 8.10. The Morgan fingerprint density at radius 2 is 1.92 bits per heavy atom. The summed E-state index contributed by atoms with van der Waals surface area (Å²) in [5.41, 5.74) is 0.843. The van der Waals surface area contributed by atoms with Crippen molar-refractivity contribution in [1.82, 2.24) is 0 Å². The van der Waals surface area contributed by atoms with E-state index in [2.05, 4.69) is 0 Å². The Morgan fingerprint density at radius 1 is 1.33 bits per heavy atom. The van der Waals surface area contributed by atoms with Gasteiger partial charge in [0.1, 0.15) is 0 Å². The SMILES string of the molecule is N#C/C(=C\[O-])c1ccccc1.[Na+]. The molecule has 0 aliphatic rings. The topological polar surface area (TPSA) is 46.8 Å². The first-order chi connectivity index (χ1) is 5.38. The molecular weight excluding hydrogens is 161 g/mol. The van der Waals surface area contributed by atoms with Crippen molar-refractivity contribution in [2.75, 3.05) is 0 Å². The molecule has 0 heterocycles. The van der Waals surface area contributed by atoms with Crippen molar-refractivity contribution in [2.45, 2.75) is 0 Å². The Kier molecular flexibility index (Phi) is 5.48. The number of hydrogen-bond donors (Lipinski definition) is 0. The van der Waals surface area contributed by atoms with E-state index in [1.165, 1.54) is 0 Å². The van der Waals surface area contributed by atoms with Crippen LogP contribution in [0.25, 0.3) is 5.57 Å². The summed E-state index contributed by atoms with van der Waals surface area (Å²) < 4.78 is 0. The average Bonchev–Trinajstić information content (AvgIpc) is 2.09. The molecule has 0 fully saturated rings. The molecule has 12 heavy (non-hydrogen) atoms. The van der Waals surface area contributed by atoms with E-state index in [9.17, 15) is 5.11 Å². The third-order valence-corrected chi connectivity index (χ3v) is 1.32. The van der Waals surface area contributed by atoms with Crippen molar-refractivity contribution in [3.05, 3.63) is 42.2 Å². The molecule has 1 rings (SSSR count). The summed E-state index contributed by atoms with van der Waals surface area (Å²) in [6.45, 7) is 0. The number of rotatable bonds is 1. The molecule has 0 N–H and O–H groups in total. The fourth-order valence-electron chi connectivity index (χ4n) is 0.777. The molecule has 0 saturated carbocycles. The predicted octanol–water partition coefficient (Wildman–Crippen LogP) is -2.08. The molecule has 0 saturated heterocycles. The molecule has 0 amide bonds. The summed E-state index contributed by atoms with van der Waals surface area (Å²) in [4.78, 5) is 0. The Bertz CT molecular complexity index is 300. The van der Waals surface area contributed by atoms with Crippen LogP contribution in [0, 0.1) is 11.3 Å². The minimum atomic E-state index is 0. The molecule has 0 unspecified atom stereocenters. The van der Waals surface area contributed by atoms with Gasteiger partial charge in [0.25, 0.3) is 0 Å². The Balaban J connectivity index is 0.00000121. The summed E-state index contributed by atoms with van der Waals surface area (Å²) >= 11 is 0. The maximum Gasteiger partial charge on any atom is 1.00 e. The van der Waals surface area contributed by atoms with Crippen LogP contribution in [0.1, 0.15) is 5.56 Å². The molecule has 0 aliphatic carbocycles. The third kappa shape index (κ3) is 2.71. The molecule has 54 valence electrons. The van der Waals surface area contributed by atoms with Crippen molar-refractivity contribution in [3.8, 4) is 6.07 Å². The molecule has 0 spiro atoms. The fourth-order valence-corrected chi connectivity index (χ4v) is 0.777. The van der Waals surface area contributed by atoms with E-state index in [4.69, 9.17) is 5.26 Å². The second kappa shape index (κ2) is 5.84. The van der Waals surface area contributed by atoms with Crippen LogP contribution in [0.2, 0.25) is 0 Å². The Morgan fingerprint density at radius 3 is 2.33 bits per heavy atom. The summed E-state index contributed by atoms with van der Waals surface area (Å²) in [6, 6.07) is 10.7. The summed E-state index contributed by atoms with van der Waals surface area (Å²) in [5.74, 6) is 0. The van der Waals surface area contributed by atoms with Crippen molar-refractivity contribution < 1.29 is 34.7 Å².